The van der Waals surface area contributed by atoms with Gasteiger partial charge in [-0.2, -0.15) is 5.10 Å². The van der Waals surface area contributed by atoms with Crippen LogP contribution in [0.3, 0.4) is 0 Å². The molecule has 0 spiro atoms. The molecule has 0 saturated heterocycles. The second kappa shape index (κ2) is 10.3. The molecule has 0 amide bonds. The van der Waals surface area contributed by atoms with Crippen LogP contribution < -0.4 is 10.6 Å². The lowest BCUT2D eigenvalue weighted by Gasteiger charge is -2.12. The molecule has 23 heavy (non-hydrogen) atoms. The van der Waals surface area contributed by atoms with Crippen molar-refractivity contribution in [3.63, 3.8) is 0 Å². The fourth-order valence-electron chi connectivity index (χ4n) is 2.41. The van der Waals surface area contributed by atoms with Gasteiger partial charge in [-0.3, -0.25) is 9.67 Å². The summed E-state index contributed by atoms with van der Waals surface area (Å²) in [7, 11) is 3.78. The van der Waals surface area contributed by atoms with Crippen molar-refractivity contribution in [2.45, 2.75) is 40.5 Å². The third-order valence-electron chi connectivity index (χ3n) is 3.76. The molecule has 1 heterocycles. The minimum absolute atomic E-state index is 0.594. The summed E-state index contributed by atoms with van der Waals surface area (Å²) in [5, 5.41) is 11.1. The van der Waals surface area contributed by atoms with Crippen LogP contribution in [-0.4, -0.2) is 49.1 Å². The number of nitrogens with one attached hydrogen (secondary N) is 2. The monoisotopic (exact) mass is 323 g/mol. The van der Waals surface area contributed by atoms with Crippen LogP contribution in [-0.2, 0) is 18.2 Å². The molecule has 0 aliphatic rings. The van der Waals surface area contributed by atoms with E-state index in [1.165, 1.54) is 11.3 Å². The highest BCUT2D eigenvalue weighted by Gasteiger charge is 2.08. The van der Waals surface area contributed by atoms with E-state index in [0.29, 0.717) is 5.92 Å². The van der Waals surface area contributed by atoms with Crippen LogP contribution in [0.25, 0.3) is 0 Å². The molecule has 0 aromatic carbocycles. The van der Waals surface area contributed by atoms with Gasteiger partial charge in [0.15, 0.2) is 5.96 Å². The lowest BCUT2D eigenvalue weighted by molar-refractivity contribution is 0.108. The Morgan fingerprint density at radius 2 is 1.96 bits per heavy atom. The summed E-state index contributed by atoms with van der Waals surface area (Å²) in [4.78, 5) is 4.25. The van der Waals surface area contributed by atoms with E-state index < -0.39 is 0 Å². The summed E-state index contributed by atoms with van der Waals surface area (Å²) in [5.74, 6) is 1.44. The maximum atomic E-state index is 5.57. The highest BCUT2D eigenvalue weighted by atomic mass is 16.5. The minimum atomic E-state index is 0.594. The lowest BCUT2D eigenvalue weighted by atomic mass is 10.1. The zero-order valence-corrected chi connectivity index (χ0v) is 15.6. The van der Waals surface area contributed by atoms with Crippen LogP contribution in [0, 0.1) is 19.8 Å². The largest absolute Gasteiger partial charge is 0.381 e. The van der Waals surface area contributed by atoms with Gasteiger partial charge < -0.3 is 15.4 Å². The fraction of sp³-hybridized carbons (Fsp3) is 0.765. The molecule has 0 atom stereocenters. The van der Waals surface area contributed by atoms with Gasteiger partial charge in [-0.1, -0.05) is 13.8 Å². The second-order valence-electron chi connectivity index (χ2n) is 6.27. The van der Waals surface area contributed by atoms with E-state index in [9.17, 15) is 0 Å². The molecule has 0 saturated carbocycles. The van der Waals surface area contributed by atoms with Crippen molar-refractivity contribution in [3.8, 4) is 0 Å². The van der Waals surface area contributed by atoms with Crippen LogP contribution in [0.15, 0.2) is 4.99 Å². The zero-order chi connectivity index (χ0) is 17.2. The quantitative estimate of drug-likeness (QED) is 0.413. The third-order valence-corrected chi connectivity index (χ3v) is 3.76. The number of guanidine groups is 1. The van der Waals surface area contributed by atoms with E-state index in [-0.39, 0.29) is 0 Å². The summed E-state index contributed by atoms with van der Waals surface area (Å²) >= 11 is 0. The van der Waals surface area contributed by atoms with Crippen molar-refractivity contribution in [1.82, 2.24) is 20.4 Å². The molecule has 0 fully saturated rings. The van der Waals surface area contributed by atoms with Crippen LogP contribution >= 0.6 is 0 Å². The smallest absolute Gasteiger partial charge is 0.190 e. The summed E-state index contributed by atoms with van der Waals surface area (Å²) in [5.41, 5.74) is 3.66. The van der Waals surface area contributed by atoms with Crippen molar-refractivity contribution >= 4 is 5.96 Å². The number of hydrogen-bond donors (Lipinski definition) is 2. The number of aromatic nitrogens is 2. The number of aliphatic imine (C=N–C) groups is 1. The van der Waals surface area contributed by atoms with Gasteiger partial charge >= 0.3 is 0 Å². The first-order valence-corrected chi connectivity index (χ1v) is 8.47. The molecule has 0 aliphatic carbocycles. The summed E-state index contributed by atoms with van der Waals surface area (Å²) in [6.45, 7) is 11.8. The Bertz CT molecular complexity index is 493. The van der Waals surface area contributed by atoms with E-state index >= 15 is 0 Å². The Kier molecular flexibility index (Phi) is 8.69. The molecule has 0 unspecified atom stereocenters. The molecule has 1 aromatic rings. The van der Waals surface area contributed by atoms with Gasteiger partial charge in [0, 0.05) is 46.1 Å². The average Bonchev–Trinajstić information content (AvgIpc) is 2.74. The van der Waals surface area contributed by atoms with E-state index in [1.807, 2.05) is 11.7 Å². The Labute approximate surface area is 140 Å². The van der Waals surface area contributed by atoms with Gasteiger partial charge in [0.25, 0.3) is 0 Å². The van der Waals surface area contributed by atoms with Crippen LogP contribution in [0.2, 0.25) is 0 Å². The standard InChI is InChI=1S/C17H33N5O/c1-13(2)12-23-11-7-9-19-17(18-5)20-10-8-16-14(3)21-22(6)15(16)4/h13H,7-12H2,1-6H3,(H2,18,19,20). The Morgan fingerprint density at radius 1 is 1.26 bits per heavy atom. The molecule has 0 radical (unpaired) electrons. The van der Waals surface area contributed by atoms with Crippen molar-refractivity contribution in [1.29, 1.82) is 0 Å². The van der Waals surface area contributed by atoms with Gasteiger partial charge in [-0.15, -0.1) is 0 Å². The Balaban J connectivity index is 2.22. The Hall–Kier alpha value is -1.56. The molecule has 6 heteroatoms. The number of aryl methyl sites for hydroxylation is 2. The predicted octanol–water partition coefficient (Wildman–Crippen LogP) is 1.81. The van der Waals surface area contributed by atoms with E-state index in [0.717, 1.165) is 50.8 Å². The summed E-state index contributed by atoms with van der Waals surface area (Å²) < 4.78 is 7.51. The molecule has 0 aliphatic heterocycles. The molecule has 1 aromatic heterocycles. The summed E-state index contributed by atoms with van der Waals surface area (Å²) in [6.07, 6.45) is 1.93. The third kappa shape index (κ3) is 7.03. The number of hydrogen-bond acceptors (Lipinski definition) is 3. The normalized spacial score (nSPS) is 12.0. The van der Waals surface area contributed by atoms with Gasteiger partial charge in [0.1, 0.15) is 0 Å². The Morgan fingerprint density at radius 3 is 2.52 bits per heavy atom. The SMILES string of the molecule is CN=C(NCCCOCC(C)C)NCCc1c(C)nn(C)c1C. The van der Waals surface area contributed by atoms with Gasteiger partial charge in [-0.05, 0) is 38.2 Å². The number of rotatable bonds is 9. The van der Waals surface area contributed by atoms with Gasteiger partial charge in [0.2, 0.25) is 0 Å². The molecular weight excluding hydrogens is 290 g/mol. The molecular formula is C17H33N5O. The molecule has 1 rings (SSSR count). The van der Waals surface area contributed by atoms with Gasteiger partial charge in [0.05, 0.1) is 5.69 Å². The van der Waals surface area contributed by atoms with Gasteiger partial charge in [-0.25, -0.2) is 0 Å². The second-order valence-corrected chi connectivity index (χ2v) is 6.27. The molecule has 0 bridgehead atoms. The number of ether oxygens (including phenoxy) is 1. The predicted molar refractivity (Wildman–Crippen MR) is 96.0 cm³/mol. The maximum absolute atomic E-state index is 5.57. The maximum Gasteiger partial charge on any atom is 0.190 e. The highest BCUT2D eigenvalue weighted by Crippen LogP contribution is 2.11. The first-order valence-electron chi connectivity index (χ1n) is 8.47. The van der Waals surface area contributed by atoms with Crippen molar-refractivity contribution in [2.75, 3.05) is 33.4 Å². The van der Waals surface area contributed by atoms with E-state index in [2.05, 4.69) is 48.4 Å². The van der Waals surface area contributed by atoms with Crippen LogP contribution in [0.4, 0.5) is 0 Å². The highest BCUT2D eigenvalue weighted by molar-refractivity contribution is 5.79. The van der Waals surface area contributed by atoms with Crippen LogP contribution in [0.1, 0.15) is 37.2 Å². The van der Waals surface area contributed by atoms with Crippen molar-refractivity contribution in [2.24, 2.45) is 18.0 Å². The van der Waals surface area contributed by atoms with E-state index in [1.54, 1.807) is 7.05 Å². The summed E-state index contributed by atoms with van der Waals surface area (Å²) in [6, 6.07) is 0. The van der Waals surface area contributed by atoms with Crippen molar-refractivity contribution in [3.05, 3.63) is 17.0 Å². The van der Waals surface area contributed by atoms with Crippen LogP contribution in [0.5, 0.6) is 0 Å². The van der Waals surface area contributed by atoms with Crippen molar-refractivity contribution < 1.29 is 4.74 Å². The first kappa shape index (κ1) is 19.5. The fourth-order valence-corrected chi connectivity index (χ4v) is 2.41. The molecule has 6 nitrogen and oxygen atoms in total. The first-order chi connectivity index (χ1) is 11.0. The zero-order valence-electron chi connectivity index (χ0n) is 15.6. The average molecular weight is 323 g/mol. The van der Waals surface area contributed by atoms with E-state index in [4.69, 9.17) is 4.74 Å². The lowest BCUT2D eigenvalue weighted by Crippen LogP contribution is -2.39. The number of nitrogens with zero attached hydrogens (tertiary/aromatic N) is 3. The molecule has 132 valence electrons. The topological polar surface area (TPSA) is 63.5 Å². The molecule has 2 N–H and O–H groups in total. The minimum Gasteiger partial charge on any atom is -0.381 e.